The summed E-state index contributed by atoms with van der Waals surface area (Å²) in [5.74, 6) is -1.26. The summed E-state index contributed by atoms with van der Waals surface area (Å²) in [6, 6.07) is 9.49. The molecule has 1 unspecified atom stereocenters. The number of hydrogen-bond donors (Lipinski definition) is 1. The van der Waals surface area contributed by atoms with Crippen molar-refractivity contribution in [1.82, 2.24) is 0 Å². The first-order valence-corrected chi connectivity index (χ1v) is 9.93. The smallest absolute Gasteiger partial charge is 0.265 e. The molecule has 4 rings (SSSR count). The highest BCUT2D eigenvalue weighted by molar-refractivity contribution is 6.76. The highest BCUT2D eigenvalue weighted by Crippen LogP contribution is 2.45. The Hall–Kier alpha value is -0.640. The third-order valence-corrected chi connectivity index (χ3v) is 5.21. The Bertz CT molecular complexity index is 728. The lowest BCUT2D eigenvalue weighted by atomic mass is 10.0. The van der Waals surface area contributed by atoms with Crippen LogP contribution < -0.4 is 0 Å². The zero-order valence-electron chi connectivity index (χ0n) is 15.1. The van der Waals surface area contributed by atoms with E-state index in [4.69, 9.17) is 68.6 Å². The minimum Gasteiger partial charge on any atom is -0.475 e. The molecule has 0 radical (unpaired) electrons. The molecule has 0 aliphatic carbocycles. The Morgan fingerprint density at radius 2 is 1.75 bits per heavy atom. The molecule has 6 atom stereocenters. The molecule has 0 aromatic heterocycles. The Morgan fingerprint density at radius 3 is 2.43 bits per heavy atom. The molecular weight excluding hydrogens is 433 g/mol. The Kier molecular flexibility index (Phi) is 5.57. The lowest BCUT2D eigenvalue weighted by Crippen LogP contribution is -2.51. The molecule has 154 valence electrons. The predicted molar refractivity (Wildman–Crippen MR) is 102 cm³/mol. The lowest BCUT2D eigenvalue weighted by molar-refractivity contribution is -0.313. The van der Waals surface area contributed by atoms with Crippen LogP contribution in [-0.4, -0.2) is 52.8 Å². The number of fused-ring (bicyclic) bond motifs is 3. The van der Waals surface area contributed by atoms with Crippen LogP contribution in [0.15, 0.2) is 30.3 Å². The highest BCUT2D eigenvalue weighted by Gasteiger charge is 2.60. The van der Waals surface area contributed by atoms with Gasteiger partial charge in [0.1, 0.15) is 31.0 Å². The number of halogens is 3. The summed E-state index contributed by atoms with van der Waals surface area (Å²) < 4.78 is 33.4. The fraction of sp³-hybridized carbons (Fsp3) is 0.611. The van der Waals surface area contributed by atoms with Crippen LogP contribution in [0.3, 0.4) is 0 Å². The molecule has 3 heterocycles. The van der Waals surface area contributed by atoms with Gasteiger partial charge in [-0.15, -0.1) is 0 Å². The number of alkyl halides is 3. The number of ether oxygens (including phenoxy) is 6. The summed E-state index contributed by atoms with van der Waals surface area (Å²) in [5, 5.41) is 7.75. The maximum Gasteiger partial charge on any atom is 0.265 e. The van der Waals surface area contributed by atoms with Gasteiger partial charge in [-0.25, -0.2) is 0 Å². The fourth-order valence-corrected chi connectivity index (χ4v) is 3.68. The van der Waals surface area contributed by atoms with Crippen molar-refractivity contribution >= 4 is 40.7 Å². The van der Waals surface area contributed by atoms with Gasteiger partial charge in [0.2, 0.25) is 5.90 Å². The molecule has 10 heteroatoms. The van der Waals surface area contributed by atoms with Crippen LogP contribution >= 0.6 is 34.8 Å². The van der Waals surface area contributed by atoms with Crippen molar-refractivity contribution in [2.24, 2.45) is 0 Å². The van der Waals surface area contributed by atoms with Gasteiger partial charge in [-0.3, -0.25) is 5.41 Å². The average Bonchev–Trinajstić information content (AvgIpc) is 3.11. The first-order chi connectivity index (χ1) is 13.1. The summed E-state index contributed by atoms with van der Waals surface area (Å²) in [7, 11) is 0. The van der Waals surface area contributed by atoms with Gasteiger partial charge in [-0.2, -0.15) is 0 Å². The van der Waals surface area contributed by atoms with Crippen LogP contribution in [0.5, 0.6) is 0 Å². The van der Waals surface area contributed by atoms with Crippen molar-refractivity contribution in [3.63, 3.8) is 0 Å². The van der Waals surface area contributed by atoms with E-state index in [9.17, 15) is 0 Å². The molecule has 1 aromatic rings. The van der Waals surface area contributed by atoms with Crippen LogP contribution in [0.25, 0.3) is 0 Å². The first kappa shape index (κ1) is 20.6. The van der Waals surface area contributed by atoms with E-state index in [1.54, 1.807) is 0 Å². The fourth-order valence-electron chi connectivity index (χ4n) is 3.52. The van der Waals surface area contributed by atoms with E-state index in [0.717, 1.165) is 5.56 Å². The largest absolute Gasteiger partial charge is 0.475 e. The number of nitrogens with one attached hydrogen (secondary N) is 1. The van der Waals surface area contributed by atoms with E-state index in [0.29, 0.717) is 0 Å². The van der Waals surface area contributed by atoms with Crippen LogP contribution in [0.4, 0.5) is 0 Å². The standard InChI is InChI=1S/C18H20Cl3NO6/c1-17(2)27-13-12-11(25-15(13)28-17)10(8-23-16(22)18(19,20)21)24-14(26-12)9-6-4-3-5-7-9/h3-7,10-15,22H,8H2,1-2H3/t10-,11-,12+,13-,14?,15-/m1/s1. The molecule has 28 heavy (non-hydrogen) atoms. The maximum absolute atomic E-state index is 7.75. The van der Waals surface area contributed by atoms with Crippen LogP contribution in [-0.2, 0) is 28.4 Å². The van der Waals surface area contributed by atoms with Crippen LogP contribution in [0, 0.1) is 5.41 Å². The van der Waals surface area contributed by atoms with Crippen molar-refractivity contribution in [2.45, 2.75) is 60.4 Å². The van der Waals surface area contributed by atoms with Crippen LogP contribution in [0.1, 0.15) is 25.7 Å². The lowest BCUT2D eigenvalue weighted by Gasteiger charge is -2.39. The molecule has 1 N–H and O–H groups in total. The SMILES string of the molecule is CC1(C)O[C@H]2O[C@H]3[C@H](OC(c4ccccc4)O[C@@H]3COC(=N)C(Cl)(Cl)Cl)[C@H]2O1. The minimum atomic E-state index is -1.95. The van der Waals surface area contributed by atoms with Gasteiger partial charge < -0.3 is 28.4 Å². The second-order valence-corrected chi connectivity index (χ2v) is 9.51. The van der Waals surface area contributed by atoms with Gasteiger partial charge in [0, 0.05) is 5.56 Å². The summed E-state index contributed by atoms with van der Waals surface area (Å²) in [4.78, 5) is 0. The van der Waals surface area contributed by atoms with Gasteiger partial charge >= 0.3 is 0 Å². The first-order valence-electron chi connectivity index (χ1n) is 8.79. The molecule has 3 aliphatic rings. The van der Waals surface area contributed by atoms with Gasteiger partial charge in [0.05, 0.1) is 0 Å². The quantitative estimate of drug-likeness (QED) is 0.428. The molecule has 3 aliphatic heterocycles. The second kappa shape index (κ2) is 7.56. The molecule has 0 spiro atoms. The van der Waals surface area contributed by atoms with E-state index in [1.807, 2.05) is 44.2 Å². The van der Waals surface area contributed by atoms with E-state index in [2.05, 4.69) is 0 Å². The maximum atomic E-state index is 7.75. The topological polar surface area (TPSA) is 79.2 Å². The van der Waals surface area contributed by atoms with E-state index < -0.39 is 52.5 Å². The summed E-state index contributed by atoms with van der Waals surface area (Å²) in [5.41, 5.74) is 0.837. The molecule has 7 nitrogen and oxygen atoms in total. The van der Waals surface area contributed by atoms with Gasteiger partial charge in [0.25, 0.3) is 3.79 Å². The third-order valence-electron chi connectivity index (χ3n) is 4.69. The van der Waals surface area contributed by atoms with Crippen molar-refractivity contribution in [3.8, 4) is 0 Å². The van der Waals surface area contributed by atoms with Gasteiger partial charge in [-0.05, 0) is 13.8 Å². The second-order valence-electron chi connectivity index (χ2n) is 7.22. The summed E-state index contributed by atoms with van der Waals surface area (Å²) in [6.45, 7) is 3.59. The van der Waals surface area contributed by atoms with E-state index in [-0.39, 0.29) is 6.61 Å². The Balaban J connectivity index is 1.54. The van der Waals surface area contributed by atoms with Crippen molar-refractivity contribution < 1.29 is 28.4 Å². The van der Waals surface area contributed by atoms with E-state index >= 15 is 0 Å². The van der Waals surface area contributed by atoms with Crippen LogP contribution in [0.2, 0.25) is 0 Å². The average molecular weight is 453 g/mol. The van der Waals surface area contributed by atoms with Gasteiger partial charge in [0.15, 0.2) is 18.4 Å². The zero-order valence-corrected chi connectivity index (χ0v) is 17.4. The van der Waals surface area contributed by atoms with Gasteiger partial charge in [-0.1, -0.05) is 65.1 Å². The number of benzene rings is 1. The molecule has 0 bridgehead atoms. The molecule has 0 amide bonds. The molecule has 3 fully saturated rings. The Labute approximate surface area is 177 Å². The molecule has 3 saturated heterocycles. The third kappa shape index (κ3) is 4.13. The highest BCUT2D eigenvalue weighted by atomic mass is 35.6. The monoisotopic (exact) mass is 451 g/mol. The minimum absolute atomic E-state index is 0.0521. The molecule has 0 saturated carbocycles. The van der Waals surface area contributed by atoms with Crippen molar-refractivity contribution in [3.05, 3.63) is 35.9 Å². The van der Waals surface area contributed by atoms with Crippen molar-refractivity contribution in [1.29, 1.82) is 5.41 Å². The predicted octanol–water partition coefficient (Wildman–Crippen LogP) is 3.71. The molecule has 1 aromatic carbocycles. The summed E-state index contributed by atoms with van der Waals surface area (Å²) in [6.07, 6.45) is -3.20. The molecular formula is C18H20Cl3NO6. The Morgan fingerprint density at radius 1 is 1.04 bits per heavy atom. The van der Waals surface area contributed by atoms with E-state index in [1.165, 1.54) is 0 Å². The van der Waals surface area contributed by atoms with Crippen molar-refractivity contribution in [2.75, 3.05) is 6.61 Å². The zero-order chi connectivity index (χ0) is 20.1. The normalized spacial score (nSPS) is 36.6. The number of hydrogen-bond acceptors (Lipinski definition) is 7. The number of rotatable bonds is 3. The summed E-state index contributed by atoms with van der Waals surface area (Å²) >= 11 is 17.1.